The molecule has 0 radical (unpaired) electrons. The minimum absolute atomic E-state index is 0.0438. The molecule has 0 spiro atoms. The van der Waals surface area contributed by atoms with E-state index in [1.165, 1.54) is 4.57 Å². The molecule has 2 heterocycles. The minimum Gasteiger partial charge on any atom is -0.395 e. The summed E-state index contributed by atoms with van der Waals surface area (Å²) < 4.78 is 4.98. The SMILES string of the molecule is CCn1c(=O)c2c(nc(N)n2Cc2ccc(C)c(Br)c2)n(CCO)c1=O. The van der Waals surface area contributed by atoms with E-state index in [9.17, 15) is 14.7 Å². The Bertz CT molecular complexity index is 1100. The number of aliphatic hydroxyl groups is 1. The van der Waals surface area contributed by atoms with Gasteiger partial charge in [0.2, 0.25) is 5.95 Å². The van der Waals surface area contributed by atoms with Crippen LogP contribution in [0.2, 0.25) is 0 Å². The maximum atomic E-state index is 12.8. The van der Waals surface area contributed by atoms with Crippen LogP contribution in [0, 0.1) is 6.92 Å². The number of hydrogen-bond donors (Lipinski definition) is 2. The van der Waals surface area contributed by atoms with E-state index in [0.29, 0.717) is 6.54 Å². The predicted molar refractivity (Wildman–Crippen MR) is 103 cm³/mol. The van der Waals surface area contributed by atoms with Gasteiger partial charge in [-0.3, -0.25) is 13.9 Å². The Kier molecular flexibility index (Phi) is 5.01. The van der Waals surface area contributed by atoms with Gasteiger partial charge in [-0.25, -0.2) is 4.79 Å². The van der Waals surface area contributed by atoms with Crippen molar-refractivity contribution >= 4 is 33.0 Å². The number of nitrogens with zero attached hydrogens (tertiary/aromatic N) is 4. The second kappa shape index (κ2) is 7.08. The number of aryl methyl sites for hydroxylation is 1. The van der Waals surface area contributed by atoms with Crippen LogP contribution in [-0.4, -0.2) is 30.4 Å². The molecule has 3 N–H and O–H groups in total. The van der Waals surface area contributed by atoms with Crippen LogP contribution in [0.5, 0.6) is 0 Å². The summed E-state index contributed by atoms with van der Waals surface area (Å²) in [6.45, 7) is 4.08. The number of benzene rings is 1. The molecular formula is C17H20BrN5O3. The van der Waals surface area contributed by atoms with Gasteiger partial charge in [0.1, 0.15) is 0 Å². The first kappa shape index (κ1) is 18.4. The monoisotopic (exact) mass is 421 g/mol. The van der Waals surface area contributed by atoms with Crippen LogP contribution in [0.25, 0.3) is 11.2 Å². The lowest BCUT2D eigenvalue weighted by atomic mass is 10.1. The third kappa shape index (κ3) is 2.97. The van der Waals surface area contributed by atoms with Crippen molar-refractivity contribution in [2.24, 2.45) is 0 Å². The standard InChI is InChI=1S/C17H20BrN5O3/c1-3-21-15(25)13-14(22(6-7-24)17(21)26)20-16(19)23(13)9-11-5-4-10(2)12(18)8-11/h4-5,8,24H,3,6-7,9H2,1-2H3,(H2,19,20). The summed E-state index contributed by atoms with van der Waals surface area (Å²) in [5, 5.41) is 9.29. The summed E-state index contributed by atoms with van der Waals surface area (Å²) >= 11 is 3.50. The molecule has 9 heteroatoms. The summed E-state index contributed by atoms with van der Waals surface area (Å²) in [7, 11) is 0. The zero-order chi connectivity index (χ0) is 19.0. The number of anilines is 1. The van der Waals surface area contributed by atoms with Crippen molar-refractivity contribution in [3.8, 4) is 0 Å². The first-order valence-corrected chi connectivity index (χ1v) is 9.03. The number of imidazole rings is 1. The van der Waals surface area contributed by atoms with Crippen LogP contribution >= 0.6 is 15.9 Å². The average Bonchev–Trinajstić information content (AvgIpc) is 2.92. The van der Waals surface area contributed by atoms with Crippen molar-refractivity contribution in [2.75, 3.05) is 12.3 Å². The van der Waals surface area contributed by atoms with Crippen molar-refractivity contribution in [1.29, 1.82) is 0 Å². The van der Waals surface area contributed by atoms with Gasteiger partial charge >= 0.3 is 5.69 Å². The van der Waals surface area contributed by atoms with Gasteiger partial charge in [-0.1, -0.05) is 28.1 Å². The van der Waals surface area contributed by atoms with Gasteiger partial charge in [0.25, 0.3) is 5.56 Å². The number of hydrogen-bond acceptors (Lipinski definition) is 5. The minimum atomic E-state index is -0.498. The van der Waals surface area contributed by atoms with Crippen molar-refractivity contribution in [3.63, 3.8) is 0 Å². The number of halogens is 1. The van der Waals surface area contributed by atoms with Crippen LogP contribution in [0.1, 0.15) is 18.1 Å². The van der Waals surface area contributed by atoms with E-state index in [2.05, 4.69) is 20.9 Å². The Morgan fingerprint density at radius 2 is 1.96 bits per heavy atom. The van der Waals surface area contributed by atoms with Crippen LogP contribution in [0.3, 0.4) is 0 Å². The van der Waals surface area contributed by atoms with Crippen LogP contribution < -0.4 is 17.0 Å². The number of aliphatic hydroxyl groups excluding tert-OH is 1. The Morgan fingerprint density at radius 3 is 2.58 bits per heavy atom. The van der Waals surface area contributed by atoms with Gasteiger partial charge in [0, 0.05) is 11.0 Å². The van der Waals surface area contributed by atoms with E-state index in [4.69, 9.17) is 5.73 Å². The van der Waals surface area contributed by atoms with Crippen LogP contribution in [0.15, 0.2) is 32.3 Å². The number of rotatable bonds is 5. The Labute approximate surface area is 157 Å². The number of aromatic nitrogens is 4. The Balaban J connectivity index is 2.27. The second-order valence-corrected chi connectivity index (χ2v) is 6.87. The molecule has 0 unspecified atom stereocenters. The molecule has 2 aromatic heterocycles. The molecule has 0 aliphatic rings. The summed E-state index contributed by atoms with van der Waals surface area (Å²) in [5.41, 5.74) is 7.62. The largest absolute Gasteiger partial charge is 0.395 e. The molecule has 0 aliphatic carbocycles. The van der Waals surface area contributed by atoms with Gasteiger partial charge < -0.3 is 15.4 Å². The van der Waals surface area contributed by atoms with E-state index in [0.717, 1.165) is 20.2 Å². The number of fused-ring (bicyclic) bond motifs is 1. The van der Waals surface area contributed by atoms with E-state index < -0.39 is 11.2 Å². The fourth-order valence-corrected chi connectivity index (χ4v) is 3.39. The Morgan fingerprint density at radius 1 is 1.23 bits per heavy atom. The smallest absolute Gasteiger partial charge is 0.332 e. The molecule has 26 heavy (non-hydrogen) atoms. The maximum absolute atomic E-state index is 12.8. The van der Waals surface area contributed by atoms with Gasteiger partial charge in [-0.15, -0.1) is 0 Å². The normalized spacial score (nSPS) is 11.4. The average molecular weight is 422 g/mol. The molecule has 0 saturated carbocycles. The summed E-state index contributed by atoms with van der Waals surface area (Å²) in [5.74, 6) is 0.147. The molecule has 0 aliphatic heterocycles. The fraction of sp³-hybridized carbons (Fsp3) is 0.353. The molecule has 3 aromatic rings. The molecule has 0 fully saturated rings. The fourth-order valence-electron chi connectivity index (χ4n) is 2.97. The molecular weight excluding hydrogens is 402 g/mol. The zero-order valence-corrected chi connectivity index (χ0v) is 16.2. The molecule has 138 valence electrons. The predicted octanol–water partition coefficient (Wildman–Crippen LogP) is 1.07. The van der Waals surface area contributed by atoms with E-state index >= 15 is 0 Å². The third-order valence-corrected chi connectivity index (χ3v) is 5.22. The van der Waals surface area contributed by atoms with Crippen molar-refractivity contribution in [2.45, 2.75) is 33.5 Å². The molecule has 1 aromatic carbocycles. The van der Waals surface area contributed by atoms with Crippen LogP contribution in [-0.2, 0) is 19.6 Å². The highest BCUT2D eigenvalue weighted by Crippen LogP contribution is 2.21. The lowest BCUT2D eigenvalue weighted by molar-refractivity contribution is 0.274. The molecule has 0 amide bonds. The van der Waals surface area contributed by atoms with Gasteiger partial charge in [-0.2, -0.15) is 4.98 Å². The molecule has 0 bridgehead atoms. The number of nitrogen functional groups attached to an aromatic ring is 1. The number of nitrogens with two attached hydrogens (primary N) is 1. The molecule has 0 atom stereocenters. The lowest BCUT2D eigenvalue weighted by Gasteiger charge is -2.11. The first-order valence-electron chi connectivity index (χ1n) is 8.24. The first-order chi connectivity index (χ1) is 12.4. The zero-order valence-electron chi connectivity index (χ0n) is 14.6. The maximum Gasteiger partial charge on any atom is 0.332 e. The van der Waals surface area contributed by atoms with Crippen molar-refractivity contribution in [3.05, 3.63) is 54.6 Å². The third-order valence-electron chi connectivity index (χ3n) is 4.36. The lowest BCUT2D eigenvalue weighted by Crippen LogP contribution is -2.40. The Hall–Kier alpha value is -2.39. The van der Waals surface area contributed by atoms with E-state index in [-0.39, 0.29) is 36.8 Å². The van der Waals surface area contributed by atoms with E-state index in [1.54, 1.807) is 11.5 Å². The summed E-state index contributed by atoms with van der Waals surface area (Å²) in [4.78, 5) is 29.6. The molecule has 3 rings (SSSR count). The van der Waals surface area contributed by atoms with Gasteiger partial charge in [0.15, 0.2) is 11.2 Å². The molecule has 0 saturated heterocycles. The van der Waals surface area contributed by atoms with Crippen molar-refractivity contribution < 1.29 is 5.11 Å². The summed E-state index contributed by atoms with van der Waals surface area (Å²) in [6, 6.07) is 5.89. The summed E-state index contributed by atoms with van der Waals surface area (Å²) in [6.07, 6.45) is 0. The van der Waals surface area contributed by atoms with Gasteiger partial charge in [-0.05, 0) is 31.0 Å². The highest BCUT2D eigenvalue weighted by atomic mass is 79.9. The quantitative estimate of drug-likeness (QED) is 0.640. The highest BCUT2D eigenvalue weighted by molar-refractivity contribution is 9.10. The van der Waals surface area contributed by atoms with Crippen molar-refractivity contribution in [1.82, 2.24) is 18.7 Å². The van der Waals surface area contributed by atoms with Gasteiger partial charge in [0.05, 0.1) is 19.7 Å². The second-order valence-electron chi connectivity index (χ2n) is 6.02. The topological polar surface area (TPSA) is 108 Å². The molecule has 8 nitrogen and oxygen atoms in total. The van der Waals surface area contributed by atoms with E-state index in [1.807, 2.05) is 25.1 Å². The highest BCUT2D eigenvalue weighted by Gasteiger charge is 2.20. The van der Waals surface area contributed by atoms with Crippen LogP contribution in [0.4, 0.5) is 5.95 Å².